The molecule has 5 nitrogen and oxygen atoms in total. The summed E-state index contributed by atoms with van der Waals surface area (Å²) in [5.41, 5.74) is 1.36. The first kappa shape index (κ1) is 14.0. The number of carbonyl (C=O) groups excluding carboxylic acids is 1. The largest absolute Gasteiger partial charge is 0.480 e. The van der Waals surface area contributed by atoms with Crippen LogP contribution in [0.2, 0.25) is 0 Å². The van der Waals surface area contributed by atoms with Gasteiger partial charge in [-0.3, -0.25) is 4.90 Å². The number of anilines is 1. The van der Waals surface area contributed by atoms with Crippen molar-refractivity contribution in [3.05, 3.63) is 42.2 Å². The van der Waals surface area contributed by atoms with Crippen molar-refractivity contribution < 1.29 is 19.1 Å². The summed E-state index contributed by atoms with van der Waals surface area (Å²) in [6.45, 7) is 3.87. The fourth-order valence-electron chi connectivity index (χ4n) is 2.18. The van der Waals surface area contributed by atoms with Gasteiger partial charge >= 0.3 is 12.0 Å². The van der Waals surface area contributed by atoms with Gasteiger partial charge in [0, 0.05) is 6.54 Å². The Morgan fingerprint density at radius 3 is 2.95 bits per heavy atom. The summed E-state index contributed by atoms with van der Waals surface area (Å²) in [5, 5.41) is 11.4. The molecule has 106 valence electrons. The molecular formula is C14H15FN2O3. The van der Waals surface area contributed by atoms with Crippen LogP contribution in [0.25, 0.3) is 0 Å². The van der Waals surface area contributed by atoms with Gasteiger partial charge in [-0.1, -0.05) is 12.1 Å². The molecular weight excluding hydrogens is 263 g/mol. The summed E-state index contributed by atoms with van der Waals surface area (Å²) in [7, 11) is 0. The first-order valence-corrected chi connectivity index (χ1v) is 6.23. The fraction of sp³-hybridized carbons (Fsp3) is 0.286. The van der Waals surface area contributed by atoms with Gasteiger partial charge in [-0.25, -0.2) is 14.0 Å². The molecule has 1 aromatic carbocycles. The second kappa shape index (κ2) is 5.73. The predicted molar refractivity (Wildman–Crippen MR) is 72.2 cm³/mol. The molecule has 2 rings (SSSR count). The summed E-state index contributed by atoms with van der Waals surface area (Å²) in [4.78, 5) is 24.5. The van der Waals surface area contributed by atoms with Gasteiger partial charge in [0.05, 0.1) is 5.69 Å². The zero-order chi connectivity index (χ0) is 14.7. The second-order valence-corrected chi connectivity index (χ2v) is 4.54. The van der Waals surface area contributed by atoms with Gasteiger partial charge in [-0.05, 0) is 30.5 Å². The van der Waals surface area contributed by atoms with E-state index in [9.17, 15) is 14.0 Å². The lowest BCUT2D eigenvalue weighted by atomic mass is 10.2. The van der Waals surface area contributed by atoms with E-state index in [4.69, 9.17) is 5.11 Å². The van der Waals surface area contributed by atoms with Crippen LogP contribution in [0.3, 0.4) is 0 Å². The highest BCUT2D eigenvalue weighted by Gasteiger charge is 2.28. The highest BCUT2D eigenvalue weighted by atomic mass is 19.1. The molecule has 6 heteroatoms. The molecule has 0 saturated carbocycles. The Kier molecular flexibility index (Phi) is 4.02. The molecule has 20 heavy (non-hydrogen) atoms. The van der Waals surface area contributed by atoms with Gasteiger partial charge in [-0.15, -0.1) is 6.58 Å². The van der Waals surface area contributed by atoms with Gasteiger partial charge in [-0.2, -0.15) is 0 Å². The van der Waals surface area contributed by atoms with Crippen LogP contribution < -0.4 is 10.2 Å². The number of hydrogen-bond donors (Lipinski definition) is 2. The van der Waals surface area contributed by atoms with Crippen molar-refractivity contribution in [2.75, 3.05) is 11.4 Å². The molecule has 0 spiro atoms. The van der Waals surface area contributed by atoms with Gasteiger partial charge in [0.2, 0.25) is 0 Å². The van der Waals surface area contributed by atoms with E-state index in [-0.39, 0.29) is 6.42 Å². The molecule has 2 N–H and O–H groups in total. The van der Waals surface area contributed by atoms with Crippen molar-refractivity contribution in [3.63, 3.8) is 0 Å². The Hall–Kier alpha value is -2.37. The normalized spacial score (nSPS) is 14.6. The number of fused-ring (bicyclic) bond motifs is 1. The topological polar surface area (TPSA) is 69.6 Å². The lowest BCUT2D eigenvalue weighted by molar-refractivity contribution is -0.139. The predicted octanol–water partition coefficient (Wildman–Crippen LogP) is 1.93. The standard InChI is InChI=1S/C14H15FN2O3/c1-2-3-11(13(18)19)16-14(20)17-7-6-9-4-5-10(15)8-12(9)17/h2,4-5,8,11H,1,3,6-7H2,(H,16,20)(H,18,19). The number of hydrogen-bond acceptors (Lipinski definition) is 2. The van der Waals surface area contributed by atoms with Crippen LogP contribution >= 0.6 is 0 Å². The number of urea groups is 1. The molecule has 1 aromatic rings. The number of aliphatic carboxylic acids is 1. The first-order chi connectivity index (χ1) is 9.52. The molecule has 1 atom stereocenters. The van der Waals surface area contributed by atoms with E-state index < -0.39 is 23.9 Å². The third kappa shape index (κ3) is 2.79. The number of benzene rings is 1. The molecule has 0 aromatic heterocycles. The van der Waals surface area contributed by atoms with Crippen molar-refractivity contribution in [2.24, 2.45) is 0 Å². The average molecular weight is 278 g/mol. The van der Waals surface area contributed by atoms with Crippen molar-refractivity contribution in [1.29, 1.82) is 0 Å². The molecule has 0 radical (unpaired) electrons. The third-order valence-corrected chi connectivity index (χ3v) is 3.19. The van der Waals surface area contributed by atoms with Crippen molar-refractivity contribution >= 4 is 17.7 Å². The van der Waals surface area contributed by atoms with E-state index in [1.807, 2.05) is 0 Å². The second-order valence-electron chi connectivity index (χ2n) is 4.54. The van der Waals surface area contributed by atoms with Crippen LogP contribution in [0, 0.1) is 5.82 Å². The highest BCUT2D eigenvalue weighted by molar-refractivity contribution is 5.96. The summed E-state index contributed by atoms with van der Waals surface area (Å²) in [6, 6.07) is 2.70. The summed E-state index contributed by atoms with van der Waals surface area (Å²) in [6.07, 6.45) is 2.18. The Labute approximate surface area is 115 Å². The SMILES string of the molecule is C=CCC(NC(=O)N1CCc2ccc(F)cc21)C(=O)O. The van der Waals surface area contributed by atoms with Crippen molar-refractivity contribution in [3.8, 4) is 0 Å². The quantitative estimate of drug-likeness (QED) is 0.827. The van der Waals surface area contributed by atoms with Crippen LogP contribution in [-0.2, 0) is 11.2 Å². The molecule has 0 saturated heterocycles. The minimum Gasteiger partial charge on any atom is -0.480 e. The van der Waals surface area contributed by atoms with E-state index in [2.05, 4.69) is 11.9 Å². The minimum absolute atomic E-state index is 0.130. The lowest BCUT2D eigenvalue weighted by Crippen LogP contribution is -2.47. The number of nitrogens with zero attached hydrogens (tertiary/aromatic N) is 1. The Morgan fingerprint density at radius 2 is 2.30 bits per heavy atom. The number of rotatable bonds is 4. The van der Waals surface area contributed by atoms with Gasteiger partial charge in [0.15, 0.2) is 0 Å². The monoisotopic (exact) mass is 278 g/mol. The summed E-state index contributed by atoms with van der Waals surface area (Å²) >= 11 is 0. The number of carboxylic acid groups (broad SMARTS) is 1. The number of carbonyl (C=O) groups is 2. The van der Waals surface area contributed by atoms with E-state index >= 15 is 0 Å². The minimum atomic E-state index is -1.13. The summed E-state index contributed by atoms with van der Waals surface area (Å²) in [5.74, 6) is -1.55. The van der Waals surface area contributed by atoms with Crippen LogP contribution in [-0.4, -0.2) is 29.7 Å². The smallest absolute Gasteiger partial charge is 0.326 e. The van der Waals surface area contributed by atoms with Crippen LogP contribution in [0.1, 0.15) is 12.0 Å². The highest BCUT2D eigenvalue weighted by Crippen LogP contribution is 2.28. The average Bonchev–Trinajstić information content (AvgIpc) is 2.80. The molecule has 1 aliphatic rings. The number of carboxylic acids is 1. The van der Waals surface area contributed by atoms with E-state index in [1.165, 1.54) is 23.1 Å². The molecule has 2 amide bonds. The van der Waals surface area contributed by atoms with Crippen molar-refractivity contribution in [1.82, 2.24) is 5.32 Å². The maximum atomic E-state index is 13.2. The zero-order valence-electron chi connectivity index (χ0n) is 10.8. The van der Waals surface area contributed by atoms with Crippen LogP contribution in [0.5, 0.6) is 0 Å². The molecule has 0 fully saturated rings. The molecule has 0 aliphatic carbocycles. The van der Waals surface area contributed by atoms with Crippen LogP contribution in [0.15, 0.2) is 30.9 Å². The van der Waals surface area contributed by atoms with Gasteiger partial charge in [0.25, 0.3) is 0 Å². The molecule has 0 bridgehead atoms. The Morgan fingerprint density at radius 1 is 1.55 bits per heavy atom. The number of amides is 2. The van der Waals surface area contributed by atoms with Crippen molar-refractivity contribution in [2.45, 2.75) is 18.9 Å². The Bertz CT molecular complexity index is 559. The molecule has 1 heterocycles. The van der Waals surface area contributed by atoms with Gasteiger partial charge < -0.3 is 10.4 Å². The molecule has 1 unspecified atom stereocenters. The Balaban J connectivity index is 2.14. The van der Waals surface area contributed by atoms with Gasteiger partial charge in [0.1, 0.15) is 11.9 Å². The van der Waals surface area contributed by atoms with E-state index in [0.29, 0.717) is 18.7 Å². The van der Waals surface area contributed by atoms with E-state index in [0.717, 1.165) is 5.56 Å². The van der Waals surface area contributed by atoms with Crippen LogP contribution in [0.4, 0.5) is 14.9 Å². The number of nitrogens with one attached hydrogen (secondary N) is 1. The van der Waals surface area contributed by atoms with E-state index in [1.54, 1.807) is 6.07 Å². The zero-order valence-corrected chi connectivity index (χ0v) is 10.8. The lowest BCUT2D eigenvalue weighted by Gasteiger charge is -2.21. The number of halogens is 1. The fourth-order valence-corrected chi connectivity index (χ4v) is 2.18. The molecule has 1 aliphatic heterocycles. The first-order valence-electron chi connectivity index (χ1n) is 6.23. The third-order valence-electron chi connectivity index (χ3n) is 3.19. The summed E-state index contributed by atoms with van der Waals surface area (Å²) < 4.78 is 13.2. The maximum absolute atomic E-state index is 13.2. The maximum Gasteiger partial charge on any atom is 0.326 e.